The van der Waals surface area contributed by atoms with Crippen LogP contribution >= 0.6 is 0 Å². The maximum absolute atomic E-state index is 12.2. The molecule has 2 heterocycles. The molecule has 0 radical (unpaired) electrons. The Kier molecular flexibility index (Phi) is 6.95. The van der Waals surface area contributed by atoms with E-state index < -0.39 is 15.9 Å². The number of carbonyl (C=O) groups is 1. The van der Waals surface area contributed by atoms with Crippen molar-refractivity contribution in [2.45, 2.75) is 51.9 Å². The molecule has 33 heavy (non-hydrogen) atoms. The molecule has 2 aliphatic heterocycles. The summed E-state index contributed by atoms with van der Waals surface area (Å²) in [6.45, 7) is 7.73. The molecule has 2 aliphatic rings. The monoisotopic (exact) mass is 471 g/mol. The summed E-state index contributed by atoms with van der Waals surface area (Å²) in [5.74, 6) is 0.486. The molecule has 2 N–H and O–H groups in total. The van der Waals surface area contributed by atoms with Crippen LogP contribution in [-0.4, -0.2) is 56.2 Å². The molecule has 0 unspecified atom stereocenters. The molecule has 0 aromatic heterocycles. The smallest absolute Gasteiger partial charge is 0.407 e. The summed E-state index contributed by atoms with van der Waals surface area (Å²) in [6.07, 6.45) is 0.229. The summed E-state index contributed by atoms with van der Waals surface area (Å²) in [7, 11) is -2.86. The number of hydrogen-bond donors (Lipinski definition) is 2. The zero-order valence-electron chi connectivity index (χ0n) is 19.5. The molecule has 0 spiro atoms. The summed E-state index contributed by atoms with van der Waals surface area (Å²) in [5.41, 5.74) is 5.45. The van der Waals surface area contributed by atoms with Crippen molar-refractivity contribution in [1.29, 1.82) is 0 Å². The zero-order valence-corrected chi connectivity index (χ0v) is 20.3. The van der Waals surface area contributed by atoms with Crippen molar-refractivity contribution < 1.29 is 17.9 Å². The van der Waals surface area contributed by atoms with Crippen molar-refractivity contribution in [2.75, 3.05) is 29.9 Å². The molecule has 1 amide bonds. The van der Waals surface area contributed by atoms with Gasteiger partial charge in [0.2, 0.25) is 0 Å². The lowest BCUT2D eigenvalue weighted by Gasteiger charge is -2.32. The number of benzene rings is 2. The first kappa shape index (κ1) is 23.6. The van der Waals surface area contributed by atoms with Gasteiger partial charge in [-0.3, -0.25) is 4.90 Å². The fourth-order valence-corrected chi connectivity index (χ4v) is 5.74. The Morgan fingerprint density at radius 1 is 1.12 bits per heavy atom. The number of anilines is 1. The number of rotatable bonds is 5. The third-order valence-electron chi connectivity index (χ3n) is 6.18. The van der Waals surface area contributed by atoms with E-state index in [1.165, 1.54) is 5.56 Å². The van der Waals surface area contributed by atoms with E-state index >= 15 is 0 Å². The Morgan fingerprint density at radius 3 is 2.45 bits per heavy atom. The second kappa shape index (κ2) is 9.73. The summed E-state index contributed by atoms with van der Waals surface area (Å²) in [5, 5.41) is 6.53. The van der Waals surface area contributed by atoms with Gasteiger partial charge in [0.05, 0.1) is 23.7 Å². The summed E-state index contributed by atoms with van der Waals surface area (Å²) < 4.78 is 28.6. The van der Waals surface area contributed by atoms with E-state index in [9.17, 15) is 13.2 Å². The Hall–Kier alpha value is -2.58. The standard InChI is InChI=1S/C25H33N3O4S/c1-17(2)32-25(29)27-24-14-18(3)26-23-9-8-21(15-22(23)24)20-6-4-19(5-7-20)16-28-10-12-33(30,31)13-11-28/h4-9,15,17-18,24,26H,10-14,16H2,1-3H3,(H,27,29)/t18-,24+/m0/s1. The van der Waals surface area contributed by atoms with Gasteiger partial charge in [0, 0.05) is 31.4 Å². The average Bonchev–Trinajstić information content (AvgIpc) is 2.75. The molecule has 0 bridgehead atoms. The first-order valence-electron chi connectivity index (χ1n) is 11.6. The van der Waals surface area contributed by atoms with Crippen LogP contribution in [0.5, 0.6) is 0 Å². The number of ether oxygens (including phenoxy) is 1. The topological polar surface area (TPSA) is 87.7 Å². The van der Waals surface area contributed by atoms with Crippen LogP contribution in [0.4, 0.5) is 10.5 Å². The highest BCUT2D eigenvalue weighted by Gasteiger charge is 2.27. The Bertz CT molecular complexity index is 1090. The lowest BCUT2D eigenvalue weighted by atomic mass is 9.90. The van der Waals surface area contributed by atoms with Gasteiger partial charge >= 0.3 is 6.09 Å². The second-order valence-electron chi connectivity index (χ2n) is 9.36. The molecule has 0 aliphatic carbocycles. The minimum atomic E-state index is -2.86. The molecule has 178 valence electrons. The summed E-state index contributed by atoms with van der Waals surface area (Å²) in [4.78, 5) is 14.4. The second-order valence-corrected chi connectivity index (χ2v) is 11.7. The third kappa shape index (κ3) is 6.06. The molecule has 2 aromatic carbocycles. The van der Waals surface area contributed by atoms with Crippen molar-refractivity contribution >= 4 is 21.6 Å². The lowest BCUT2D eigenvalue weighted by molar-refractivity contribution is 0.111. The molecular formula is C25H33N3O4S. The molecule has 4 rings (SSSR count). The molecule has 7 nitrogen and oxygen atoms in total. The van der Waals surface area contributed by atoms with Gasteiger partial charge in [0.1, 0.15) is 0 Å². The van der Waals surface area contributed by atoms with E-state index in [2.05, 4.69) is 64.9 Å². The van der Waals surface area contributed by atoms with Gasteiger partial charge in [0.15, 0.2) is 9.84 Å². The van der Waals surface area contributed by atoms with Crippen LogP contribution in [0.25, 0.3) is 11.1 Å². The molecule has 2 aromatic rings. The maximum Gasteiger partial charge on any atom is 0.407 e. The van der Waals surface area contributed by atoms with Gasteiger partial charge in [0.25, 0.3) is 0 Å². The number of hydrogen-bond acceptors (Lipinski definition) is 6. The lowest BCUT2D eigenvalue weighted by Crippen LogP contribution is -2.39. The molecular weight excluding hydrogens is 438 g/mol. The molecule has 1 fully saturated rings. The van der Waals surface area contributed by atoms with E-state index in [0.29, 0.717) is 13.1 Å². The summed E-state index contributed by atoms with van der Waals surface area (Å²) in [6, 6.07) is 14.9. The van der Waals surface area contributed by atoms with Gasteiger partial charge in [-0.15, -0.1) is 0 Å². The number of amides is 1. The van der Waals surface area contributed by atoms with Crippen LogP contribution in [0.15, 0.2) is 42.5 Å². The van der Waals surface area contributed by atoms with Crippen molar-refractivity contribution in [2.24, 2.45) is 0 Å². The number of nitrogens with one attached hydrogen (secondary N) is 2. The minimum Gasteiger partial charge on any atom is -0.447 e. The van der Waals surface area contributed by atoms with Crippen LogP contribution in [0.3, 0.4) is 0 Å². The highest BCUT2D eigenvalue weighted by molar-refractivity contribution is 7.91. The Morgan fingerprint density at radius 2 is 1.79 bits per heavy atom. The third-order valence-corrected chi connectivity index (χ3v) is 7.79. The van der Waals surface area contributed by atoms with Crippen LogP contribution in [0.1, 0.15) is 44.4 Å². The minimum absolute atomic E-state index is 0.114. The van der Waals surface area contributed by atoms with Crippen LogP contribution < -0.4 is 10.6 Å². The normalized spacial score (nSPS) is 22.3. The highest BCUT2D eigenvalue weighted by Crippen LogP contribution is 2.36. The van der Waals surface area contributed by atoms with Crippen LogP contribution in [-0.2, 0) is 21.1 Å². The molecule has 0 saturated carbocycles. The van der Waals surface area contributed by atoms with Crippen molar-refractivity contribution in [3.05, 3.63) is 53.6 Å². The quantitative estimate of drug-likeness (QED) is 0.686. The van der Waals surface area contributed by atoms with Gasteiger partial charge in [-0.05, 0) is 61.6 Å². The summed E-state index contributed by atoms with van der Waals surface area (Å²) >= 11 is 0. The molecule has 2 atom stereocenters. The average molecular weight is 472 g/mol. The van der Waals surface area contributed by atoms with E-state index in [1.807, 2.05) is 13.8 Å². The van der Waals surface area contributed by atoms with E-state index in [1.54, 1.807) is 0 Å². The number of carbonyl (C=O) groups excluding carboxylic acids is 1. The SMILES string of the molecule is CC(C)OC(=O)N[C@@H]1C[C@H](C)Nc2ccc(-c3ccc(CN4CCS(=O)(=O)CC4)cc3)cc21. The van der Waals surface area contributed by atoms with Gasteiger partial charge in [-0.2, -0.15) is 0 Å². The molecule has 1 saturated heterocycles. The number of sulfone groups is 1. The Balaban J connectivity index is 1.48. The van der Waals surface area contributed by atoms with Gasteiger partial charge in [-0.25, -0.2) is 13.2 Å². The fourth-order valence-electron chi connectivity index (χ4n) is 4.46. The number of nitrogens with zero attached hydrogens (tertiary/aromatic N) is 1. The first-order valence-corrected chi connectivity index (χ1v) is 13.4. The fraction of sp³-hybridized carbons (Fsp3) is 0.480. The van der Waals surface area contributed by atoms with E-state index in [4.69, 9.17) is 4.74 Å². The predicted molar refractivity (Wildman–Crippen MR) is 131 cm³/mol. The largest absolute Gasteiger partial charge is 0.447 e. The van der Waals surface area contributed by atoms with Crippen molar-refractivity contribution in [3.8, 4) is 11.1 Å². The van der Waals surface area contributed by atoms with Gasteiger partial charge < -0.3 is 15.4 Å². The van der Waals surface area contributed by atoms with Gasteiger partial charge in [-0.1, -0.05) is 30.3 Å². The van der Waals surface area contributed by atoms with Crippen LogP contribution in [0, 0.1) is 0 Å². The van der Waals surface area contributed by atoms with E-state index in [0.717, 1.165) is 35.3 Å². The Labute approximate surface area is 196 Å². The number of alkyl carbamates (subject to hydrolysis) is 1. The van der Waals surface area contributed by atoms with Crippen LogP contribution in [0.2, 0.25) is 0 Å². The molecule has 8 heteroatoms. The van der Waals surface area contributed by atoms with E-state index in [-0.39, 0.29) is 29.7 Å². The predicted octanol–water partition coefficient (Wildman–Crippen LogP) is 3.96. The van der Waals surface area contributed by atoms with Crippen molar-refractivity contribution in [3.63, 3.8) is 0 Å². The highest BCUT2D eigenvalue weighted by atomic mass is 32.2. The van der Waals surface area contributed by atoms with Crippen molar-refractivity contribution in [1.82, 2.24) is 10.2 Å². The maximum atomic E-state index is 12.2. The first-order chi connectivity index (χ1) is 15.7. The number of fused-ring (bicyclic) bond motifs is 1. The zero-order chi connectivity index (χ0) is 23.6.